The van der Waals surface area contributed by atoms with E-state index in [1.807, 2.05) is 6.92 Å². The first-order valence-corrected chi connectivity index (χ1v) is 2.32. The molecule has 0 rings (SSSR count). The Bertz CT molecular complexity index is 74.1. The summed E-state index contributed by atoms with van der Waals surface area (Å²) >= 11 is 0. The third-order valence-corrected chi connectivity index (χ3v) is 0.504. The highest BCUT2D eigenvalue weighted by molar-refractivity contribution is 6.15. The summed E-state index contributed by atoms with van der Waals surface area (Å²) in [4.78, 5) is 7.59. The molecule has 0 aliphatic carbocycles. The average Bonchev–Trinajstić information content (AvgIpc) is 1.69. The van der Waals surface area contributed by atoms with Crippen LogP contribution in [0.5, 0.6) is 0 Å². The Morgan fingerprint density at radius 1 is 1.43 bits per heavy atom. The van der Waals surface area contributed by atoms with Crippen LogP contribution in [0.25, 0.3) is 0 Å². The van der Waals surface area contributed by atoms with Gasteiger partial charge in [-0.05, 0) is 6.92 Å². The fraction of sp³-hybridized carbons (Fsp3) is 0.600. The van der Waals surface area contributed by atoms with E-state index in [0.717, 1.165) is 6.54 Å². The highest BCUT2D eigenvalue weighted by Crippen LogP contribution is 1.58. The van der Waals surface area contributed by atoms with Gasteiger partial charge in [0.1, 0.15) is 0 Å². The largest absolute Gasteiger partial charge is 0.295 e. The van der Waals surface area contributed by atoms with Gasteiger partial charge in [0.05, 0.1) is 0 Å². The van der Waals surface area contributed by atoms with E-state index in [9.17, 15) is 0 Å². The second kappa shape index (κ2) is 5.34. The lowest BCUT2D eigenvalue weighted by Gasteiger charge is -1.72. The van der Waals surface area contributed by atoms with E-state index in [-0.39, 0.29) is 0 Å². The van der Waals surface area contributed by atoms with Crippen LogP contribution < -0.4 is 0 Å². The van der Waals surface area contributed by atoms with Crippen LogP contribution in [0.4, 0.5) is 0 Å². The van der Waals surface area contributed by atoms with Gasteiger partial charge >= 0.3 is 0 Å². The van der Waals surface area contributed by atoms with E-state index >= 15 is 0 Å². The average molecular weight is 98.1 g/mol. The van der Waals surface area contributed by atoms with Crippen LogP contribution in [-0.4, -0.2) is 26.0 Å². The van der Waals surface area contributed by atoms with Crippen molar-refractivity contribution in [2.24, 2.45) is 9.98 Å². The van der Waals surface area contributed by atoms with Crippen LogP contribution in [0.1, 0.15) is 6.92 Å². The van der Waals surface area contributed by atoms with Crippen LogP contribution in [0.2, 0.25) is 0 Å². The Labute approximate surface area is 44.0 Å². The van der Waals surface area contributed by atoms with Crippen molar-refractivity contribution < 1.29 is 0 Å². The smallest absolute Gasteiger partial charge is 0.0390 e. The lowest BCUT2D eigenvalue weighted by Crippen LogP contribution is -1.74. The molecule has 0 saturated heterocycles. The van der Waals surface area contributed by atoms with E-state index in [1.54, 1.807) is 19.5 Å². The van der Waals surface area contributed by atoms with Crippen LogP contribution in [0.15, 0.2) is 9.98 Å². The standard InChI is InChI=1S/C5H10N2/c1-3-7-5-4-6-2/h4-5H,3H2,1-2H3/b6-4?,7-5-. The van der Waals surface area contributed by atoms with Gasteiger partial charge in [-0.15, -0.1) is 0 Å². The number of aliphatic imine (C=N–C) groups is 2. The minimum Gasteiger partial charge on any atom is -0.295 e. The quantitative estimate of drug-likeness (QED) is 0.456. The second-order valence-electron chi connectivity index (χ2n) is 1.06. The normalized spacial score (nSPS) is 11.7. The monoisotopic (exact) mass is 98.1 g/mol. The number of hydrogen-bond acceptors (Lipinski definition) is 2. The highest BCUT2D eigenvalue weighted by atomic mass is 14.7. The molecule has 2 nitrogen and oxygen atoms in total. The van der Waals surface area contributed by atoms with Gasteiger partial charge in [-0.1, -0.05) is 0 Å². The van der Waals surface area contributed by atoms with E-state index in [1.165, 1.54) is 0 Å². The third kappa shape index (κ3) is 5.34. The van der Waals surface area contributed by atoms with Crippen molar-refractivity contribution in [3.05, 3.63) is 0 Å². The lowest BCUT2D eigenvalue weighted by molar-refractivity contribution is 1.14. The Kier molecular flexibility index (Phi) is 4.84. The molecule has 0 unspecified atom stereocenters. The van der Waals surface area contributed by atoms with Crippen LogP contribution in [-0.2, 0) is 0 Å². The Morgan fingerprint density at radius 3 is 2.57 bits per heavy atom. The van der Waals surface area contributed by atoms with Crippen molar-refractivity contribution in [3.8, 4) is 0 Å². The predicted octanol–water partition coefficient (Wildman–Crippen LogP) is 0.778. The van der Waals surface area contributed by atoms with Crippen LogP contribution in [0, 0.1) is 0 Å². The first-order chi connectivity index (χ1) is 3.41. The van der Waals surface area contributed by atoms with E-state index < -0.39 is 0 Å². The lowest BCUT2D eigenvalue weighted by atomic mass is 10.7. The number of rotatable bonds is 2. The fourth-order valence-corrected chi connectivity index (χ4v) is 0.219. The molecule has 2 heteroatoms. The van der Waals surface area contributed by atoms with Crippen molar-refractivity contribution in [2.45, 2.75) is 6.92 Å². The molecular formula is C5H10N2. The maximum Gasteiger partial charge on any atom is 0.0390 e. The van der Waals surface area contributed by atoms with Crippen molar-refractivity contribution in [1.82, 2.24) is 0 Å². The van der Waals surface area contributed by atoms with Crippen molar-refractivity contribution in [3.63, 3.8) is 0 Å². The van der Waals surface area contributed by atoms with Crippen LogP contribution in [0.3, 0.4) is 0 Å². The van der Waals surface area contributed by atoms with Gasteiger partial charge in [0.2, 0.25) is 0 Å². The Morgan fingerprint density at radius 2 is 2.14 bits per heavy atom. The molecule has 0 aromatic rings. The summed E-state index contributed by atoms with van der Waals surface area (Å²) < 4.78 is 0. The number of nitrogens with zero attached hydrogens (tertiary/aromatic N) is 2. The minimum atomic E-state index is 0.839. The molecule has 0 heterocycles. The molecule has 7 heavy (non-hydrogen) atoms. The van der Waals surface area contributed by atoms with Crippen LogP contribution >= 0.6 is 0 Å². The maximum atomic E-state index is 3.89. The molecule has 0 bridgehead atoms. The highest BCUT2D eigenvalue weighted by Gasteiger charge is 1.58. The summed E-state index contributed by atoms with van der Waals surface area (Å²) in [7, 11) is 1.72. The molecular weight excluding hydrogens is 88.1 g/mol. The minimum absolute atomic E-state index is 0.839. The van der Waals surface area contributed by atoms with Gasteiger partial charge < -0.3 is 0 Å². The summed E-state index contributed by atoms with van der Waals surface area (Å²) in [6, 6.07) is 0. The fourth-order valence-electron chi connectivity index (χ4n) is 0.219. The topological polar surface area (TPSA) is 24.7 Å². The maximum absolute atomic E-state index is 3.89. The zero-order valence-electron chi connectivity index (χ0n) is 4.76. The van der Waals surface area contributed by atoms with E-state index in [2.05, 4.69) is 9.98 Å². The summed E-state index contributed by atoms with van der Waals surface area (Å²) in [6.45, 7) is 2.83. The van der Waals surface area contributed by atoms with Gasteiger partial charge in [0.15, 0.2) is 0 Å². The Balaban J connectivity index is 3.09. The first kappa shape index (κ1) is 6.34. The molecule has 0 aromatic heterocycles. The molecule has 0 aliphatic heterocycles. The van der Waals surface area contributed by atoms with E-state index in [4.69, 9.17) is 0 Å². The molecule has 0 atom stereocenters. The van der Waals surface area contributed by atoms with Crippen molar-refractivity contribution in [1.29, 1.82) is 0 Å². The Hall–Kier alpha value is -0.660. The predicted molar refractivity (Wildman–Crippen MR) is 33.4 cm³/mol. The molecule has 40 valence electrons. The summed E-state index contributed by atoms with van der Waals surface area (Å²) in [6.07, 6.45) is 3.36. The number of hydrogen-bond donors (Lipinski definition) is 0. The van der Waals surface area contributed by atoms with Gasteiger partial charge in [0, 0.05) is 26.0 Å². The van der Waals surface area contributed by atoms with E-state index in [0.29, 0.717) is 0 Å². The summed E-state index contributed by atoms with van der Waals surface area (Å²) in [5, 5.41) is 0. The van der Waals surface area contributed by atoms with Gasteiger partial charge in [-0.25, -0.2) is 0 Å². The summed E-state index contributed by atoms with van der Waals surface area (Å²) in [5.41, 5.74) is 0. The zero-order valence-corrected chi connectivity index (χ0v) is 4.76. The van der Waals surface area contributed by atoms with Gasteiger partial charge in [0.25, 0.3) is 0 Å². The second-order valence-corrected chi connectivity index (χ2v) is 1.06. The summed E-state index contributed by atoms with van der Waals surface area (Å²) in [5.74, 6) is 0. The van der Waals surface area contributed by atoms with Gasteiger partial charge in [-0.3, -0.25) is 9.98 Å². The zero-order chi connectivity index (χ0) is 5.54. The molecule has 0 radical (unpaired) electrons. The molecule has 0 aliphatic rings. The molecule has 0 spiro atoms. The van der Waals surface area contributed by atoms with Gasteiger partial charge in [-0.2, -0.15) is 0 Å². The molecule has 0 saturated carbocycles. The third-order valence-electron chi connectivity index (χ3n) is 0.504. The van der Waals surface area contributed by atoms with Crippen molar-refractivity contribution >= 4 is 12.4 Å². The SMILES string of the molecule is CC/N=C\C=NC. The molecule has 0 N–H and O–H groups in total. The first-order valence-electron chi connectivity index (χ1n) is 2.32. The molecule has 0 aromatic carbocycles. The molecule has 0 fully saturated rings. The molecule has 0 amide bonds. The van der Waals surface area contributed by atoms with Crippen molar-refractivity contribution in [2.75, 3.05) is 13.6 Å².